The van der Waals surface area contributed by atoms with E-state index in [9.17, 15) is 8.42 Å². The highest BCUT2D eigenvalue weighted by Gasteiger charge is 2.27. The van der Waals surface area contributed by atoms with Gasteiger partial charge >= 0.3 is 0 Å². The molecule has 25 heavy (non-hydrogen) atoms. The quantitative estimate of drug-likeness (QED) is 0.899. The molecule has 0 aliphatic heterocycles. The minimum absolute atomic E-state index is 0.0316. The molecule has 0 atom stereocenters. The molecule has 5 nitrogen and oxygen atoms in total. The van der Waals surface area contributed by atoms with Crippen molar-refractivity contribution in [3.63, 3.8) is 0 Å². The molecule has 0 saturated heterocycles. The average Bonchev–Trinajstić information content (AvgIpc) is 2.86. The Kier molecular flexibility index (Phi) is 5.59. The summed E-state index contributed by atoms with van der Waals surface area (Å²) in [6.07, 6.45) is 7.68. The van der Waals surface area contributed by atoms with E-state index in [0.29, 0.717) is 16.3 Å². The second-order valence-corrected chi connectivity index (χ2v) is 8.56. The molecule has 1 aliphatic carbocycles. The summed E-state index contributed by atoms with van der Waals surface area (Å²) in [6, 6.07) is 9.67. The normalized spacial score (nSPS) is 17.2. The molecule has 6 heteroatoms. The van der Waals surface area contributed by atoms with E-state index in [-0.39, 0.29) is 6.04 Å². The van der Waals surface area contributed by atoms with Gasteiger partial charge in [-0.1, -0.05) is 50.3 Å². The monoisotopic (exact) mass is 361 g/mol. The Morgan fingerprint density at radius 1 is 1.00 bits per heavy atom. The lowest BCUT2D eigenvalue weighted by Crippen LogP contribution is -2.35. The zero-order chi connectivity index (χ0) is 17.9. The molecule has 0 unspecified atom stereocenters. The lowest BCUT2D eigenvalue weighted by Gasteiger charge is -2.21. The zero-order valence-electron chi connectivity index (χ0n) is 15.0. The number of aryl methyl sites for hydroxylation is 1. The summed E-state index contributed by atoms with van der Waals surface area (Å²) in [5.74, 6) is 0. The number of aromatic nitrogens is 2. The number of hydrogen-bond acceptors (Lipinski definition) is 3. The van der Waals surface area contributed by atoms with E-state index in [0.717, 1.165) is 31.4 Å². The molecule has 0 radical (unpaired) electrons. The SMILES string of the molecule is Cc1nn(-c2ccccc2)c(C)c1S(=O)(=O)NC1CCCCCCC1. The third-order valence-electron chi connectivity index (χ3n) is 4.92. The van der Waals surface area contributed by atoms with Gasteiger partial charge in [0.05, 0.1) is 17.1 Å². The third-order valence-corrected chi connectivity index (χ3v) is 6.69. The standard InChI is InChI=1S/C19H27N3O2S/c1-15-19(16(2)22(20-15)18-13-9-6-10-14-18)25(23,24)21-17-11-7-4-3-5-8-12-17/h6,9-10,13-14,17,21H,3-5,7-8,11-12H2,1-2H3. The Hall–Kier alpha value is -1.66. The van der Waals surface area contributed by atoms with E-state index in [4.69, 9.17) is 0 Å². The van der Waals surface area contributed by atoms with Crippen LogP contribution >= 0.6 is 0 Å². The Morgan fingerprint density at radius 2 is 1.60 bits per heavy atom. The lowest BCUT2D eigenvalue weighted by molar-refractivity contribution is 0.426. The molecule has 0 bridgehead atoms. The first-order chi connectivity index (χ1) is 12.0. The zero-order valence-corrected chi connectivity index (χ0v) is 15.8. The molecule has 2 aromatic rings. The lowest BCUT2D eigenvalue weighted by atomic mass is 9.97. The van der Waals surface area contributed by atoms with Gasteiger partial charge in [-0.15, -0.1) is 0 Å². The summed E-state index contributed by atoms with van der Waals surface area (Å²) < 4.78 is 30.7. The minimum Gasteiger partial charge on any atom is -0.236 e. The molecule has 1 N–H and O–H groups in total. The highest BCUT2D eigenvalue weighted by Crippen LogP contribution is 2.24. The van der Waals surface area contributed by atoms with E-state index in [1.165, 1.54) is 19.3 Å². The molecule has 1 aromatic heterocycles. The molecular formula is C19H27N3O2S. The van der Waals surface area contributed by atoms with Gasteiger partial charge in [-0.2, -0.15) is 5.10 Å². The first-order valence-electron chi connectivity index (χ1n) is 9.13. The predicted molar refractivity (Wildman–Crippen MR) is 99.5 cm³/mol. The van der Waals surface area contributed by atoms with Crippen molar-refractivity contribution in [2.75, 3.05) is 0 Å². The minimum atomic E-state index is -3.57. The molecule has 136 valence electrons. The van der Waals surface area contributed by atoms with Gasteiger partial charge in [0.1, 0.15) is 4.90 Å². The van der Waals surface area contributed by atoms with Crippen molar-refractivity contribution in [1.29, 1.82) is 0 Å². The van der Waals surface area contributed by atoms with Crippen molar-refractivity contribution in [2.45, 2.75) is 69.7 Å². The first kappa shape index (κ1) is 18.1. The van der Waals surface area contributed by atoms with Crippen LogP contribution in [0, 0.1) is 13.8 Å². The summed E-state index contributed by atoms with van der Waals surface area (Å²) in [6.45, 7) is 3.58. The van der Waals surface area contributed by atoms with Crippen LogP contribution in [-0.4, -0.2) is 24.2 Å². The number of benzene rings is 1. The Labute approximate surface area is 150 Å². The Bertz CT molecular complexity index is 805. The molecule has 0 amide bonds. The molecule has 3 rings (SSSR count). The van der Waals surface area contributed by atoms with Gasteiger partial charge in [0.15, 0.2) is 0 Å². The second-order valence-electron chi connectivity index (χ2n) is 6.91. The van der Waals surface area contributed by atoms with Crippen molar-refractivity contribution >= 4 is 10.0 Å². The van der Waals surface area contributed by atoms with E-state index in [1.54, 1.807) is 11.6 Å². The number of para-hydroxylation sites is 1. The predicted octanol–water partition coefficient (Wildman–Crippen LogP) is 3.88. The van der Waals surface area contributed by atoms with Crippen LogP contribution < -0.4 is 4.72 Å². The van der Waals surface area contributed by atoms with Crippen molar-refractivity contribution in [1.82, 2.24) is 14.5 Å². The van der Waals surface area contributed by atoms with Crippen LogP contribution in [0.2, 0.25) is 0 Å². The molecule has 1 fully saturated rings. The molecule has 0 spiro atoms. The van der Waals surface area contributed by atoms with Gasteiger partial charge in [-0.05, 0) is 38.8 Å². The largest absolute Gasteiger partial charge is 0.244 e. The second kappa shape index (κ2) is 7.70. The van der Waals surface area contributed by atoms with E-state index in [1.807, 2.05) is 37.3 Å². The van der Waals surface area contributed by atoms with Gasteiger partial charge < -0.3 is 0 Å². The maximum atomic E-state index is 13.0. The van der Waals surface area contributed by atoms with E-state index in [2.05, 4.69) is 9.82 Å². The van der Waals surface area contributed by atoms with Gasteiger partial charge in [-0.25, -0.2) is 17.8 Å². The summed E-state index contributed by atoms with van der Waals surface area (Å²) >= 11 is 0. The van der Waals surface area contributed by atoms with Gasteiger partial charge in [0.2, 0.25) is 10.0 Å². The number of nitrogens with zero attached hydrogens (tertiary/aromatic N) is 2. The van der Waals surface area contributed by atoms with E-state index < -0.39 is 10.0 Å². The van der Waals surface area contributed by atoms with Crippen LogP contribution in [0.1, 0.15) is 56.3 Å². The number of sulfonamides is 1. The Balaban J connectivity index is 1.88. The summed E-state index contributed by atoms with van der Waals surface area (Å²) in [7, 11) is -3.57. The van der Waals surface area contributed by atoms with Crippen LogP contribution in [0.4, 0.5) is 0 Å². The molecule has 1 aliphatic rings. The topological polar surface area (TPSA) is 64.0 Å². The third kappa shape index (κ3) is 4.12. The van der Waals surface area contributed by atoms with Gasteiger partial charge in [-0.3, -0.25) is 0 Å². The maximum absolute atomic E-state index is 13.0. The van der Waals surface area contributed by atoms with Crippen LogP contribution in [0.3, 0.4) is 0 Å². The fourth-order valence-corrected chi connectivity index (χ4v) is 5.39. The highest BCUT2D eigenvalue weighted by atomic mass is 32.2. The highest BCUT2D eigenvalue weighted by molar-refractivity contribution is 7.89. The van der Waals surface area contributed by atoms with Crippen LogP contribution in [0.15, 0.2) is 35.2 Å². The number of rotatable bonds is 4. The fraction of sp³-hybridized carbons (Fsp3) is 0.526. The summed E-state index contributed by atoms with van der Waals surface area (Å²) in [5, 5.41) is 4.47. The van der Waals surface area contributed by atoms with Crippen molar-refractivity contribution in [3.8, 4) is 5.69 Å². The van der Waals surface area contributed by atoms with E-state index >= 15 is 0 Å². The molecule has 1 aromatic carbocycles. The smallest absolute Gasteiger partial charge is 0.236 e. The van der Waals surface area contributed by atoms with Crippen LogP contribution in [0.25, 0.3) is 5.69 Å². The number of nitrogens with one attached hydrogen (secondary N) is 1. The van der Waals surface area contributed by atoms with Crippen molar-refractivity contribution < 1.29 is 8.42 Å². The molecular weight excluding hydrogens is 334 g/mol. The maximum Gasteiger partial charge on any atom is 0.244 e. The van der Waals surface area contributed by atoms with Crippen LogP contribution in [0.5, 0.6) is 0 Å². The first-order valence-corrected chi connectivity index (χ1v) is 10.6. The van der Waals surface area contributed by atoms with Gasteiger partial charge in [0, 0.05) is 6.04 Å². The van der Waals surface area contributed by atoms with Crippen LogP contribution in [-0.2, 0) is 10.0 Å². The molecule has 1 heterocycles. The fourth-order valence-electron chi connectivity index (χ4n) is 3.69. The Morgan fingerprint density at radius 3 is 2.24 bits per heavy atom. The van der Waals surface area contributed by atoms with Crippen molar-refractivity contribution in [2.24, 2.45) is 0 Å². The summed E-state index contributed by atoms with van der Waals surface area (Å²) in [5.41, 5.74) is 2.07. The number of hydrogen-bond donors (Lipinski definition) is 1. The molecule has 1 saturated carbocycles. The van der Waals surface area contributed by atoms with Gasteiger partial charge in [0.25, 0.3) is 0 Å². The van der Waals surface area contributed by atoms with Crippen molar-refractivity contribution in [3.05, 3.63) is 41.7 Å². The summed E-state index contributed by atoms with van der Waals surface area (Å²) in [4.78, 5) is 0.318. The average molecular weight is 362 g/mol.